The third-order valence-corrected chi connectivity index (χ3v) is 3.28. The van der Waals surface area contributed by atoms with E-state index in [0.29, 0.717) is 18.0 Å². The molecule has 0 aliphatic carbocycles. The van der Waals surface area contributed by atoms with E-state index in [1.54, 1.807) is 0 Å². The van der Waals surface area contributed by atoms with Crippen LogP contribution in [0.4, 0.5) is 5.69 Å². The van der Waals surface area contributed by atoms with Crippen molar-refractivity contribution in [2.45, 2.75) is 6.42 Å². The Balaban J connectivity index is 2.29. The highest BCUT2D eigenvalue weighted by atomic mass is 32.1. The van der Waals surface area contributed by atoms with Gasteiger partial charge in [0, 0.05) is 23.2 Å². The fourth-order valence-electron chi connectivity index (χ4n) is 2.07. The highest BCUT2D eigenvalue weighted by Crippen LogP contribution is 2.26. The maximum absolute atomic E-state index is 11.1. The van der Waals surface area contributed by atoms with Crippen molar-refractivity contribution >= 4 is 39.6 Å². The lowest BCUT2D eigenvalue weighted by Crippen LogP contribution is -2.12. The Bertz CT molecular complexity index is 655. The summed E-state index contributed by atoms with van der Waals surface area (Å²) < 4.78 is 4.61. The van der Waals surface area contributed by atoms with Crippen LogP contribution in [0.1, 0.15) is 12.0 Å². The van der Waals surface area contributed by atoms with E-state index in [-0.39, 0.29) is 5.97 Å². The Morgan fingerprint density at radius 3 is 2.60 bits per heavy atom. The van der Waals surface area contributed by atoms with E-state index in [4.69, 9.17) is 18.0 Å². The number of benzene rings is 2. The highest BCUT2D eigenvalue weighted by Gasteiger charge is 2.07. The number of methoxy groups -OCH3 is 1. The summed E-state index contributed by atoms with van der Waals surface area (Å²) in [6.45, 7) is 0.517. The lowest BCUT2D eigenvalue weighted by molar-refractivity contribution is -0.140. The van der Waals surface area contributed by atoms with Crippen molar-refractivity contribution in [1.29, 1.82) is 0 Å². The van der Waals surface area contributed by atoms with Crippen LogP contribution in [0, 0.1) is 0 Å². The van der Waals surface area contributed by atoms with Crippen molar-refractivity contribution in [3.8, 4) is 0 Å². The molecule has 20 heavy (non-hydrogen) atoms. The van der Waals surface area contributed by atoms with Gasteiger partial charge in [-0.2, -0.15) is 0 Å². The minimum Gasteiger partial charge on any atom is -0.469 e. The third-order valence-electron chi connectivity index (χ3n) is 3.06. The number of ether oxygens (including phenoxy) is 1. The first-order valence-electron chi connectivity index (χ1n) is 6.25. The molecule has 0 heterocycles. The van der Waals surface area contributed by atoms with Gasteiger partial charge in [0.05, 0.1) is 13.5 Å². The molecule has 0 saturated carbocycles. The number of esters is 1. The molecule has 0 aromatic heterocycles. The number of fused-ring (bicyclic) bond motifs is 1. The molecule has 0 radical (unpaired) electrons. The summed E-state index contributed by atoms with van der Waals surface area (Å²) in [5, 5.41) is 5.27. The van der Waals surface area contributed by atoms with E-state index in [0.717, 1.165) is 22.0 Å². The van der Waals surface area contributed by atoms with Gasteiger partial charge in [-0.05, 0) is 17.5 Å². The molecule has 2 aromatic carbocycles. The standard InChI is InChI=1S/C15H16N2O2S/c1-19-14(18)8-9-17-13-7-6-12(15(16)20)10-4-2-3-5-11(10)13/h2-7,17H,8-9H2,1H3,(H2,16,20). The molecule has 0 spiro atoms. The van der Waals surface area contributed by atoms with Crippen LogP contribution in [0.25, 0.3) is 10.8 Å². The lowest BCUT2D eigenvalue weighted by atomic mass is 10.0. The molecule has 2 aromatic rings. The van der Waals surface area contributed by atoms with Crippen LogP contribution in [0.3, 0.4) is 0 Å². The number of rotatable bonds is 5. The molecule has 0 amide bonds. The second-order valence-electron chi connectivity index (χ2n) is 4.32. The van der Waals surface area contributed by atoms with E-state index in [2.05, 4.69) is 10.1 Å². The number of carbonyl (C=O) groups excluding carboxylic acids is 1. The second kappa shape index (κ2) is 6.34. The van der Waals surface area contributed by atoms with Crippen LogP contribution in [0.2, 0.25) is 0 Å². The van der Waals surface area contributed by atoms with Gasteiger partial charge in [-0.15, -0.1) is 0 Å². The van der Waals surface area contributed by atoms with E-state index in [9.17, 15) is 4.79 Å². The van der Waals surface area contributed by atoms with Crippen LogP contribution in [-0.4, -0.2) is 24.6 Å². The van der Waals surface area contributed by atoms with E-state index < -0.39 is 0 Å². The zero-order valence-electron chi connectivity index (χ0n) is 11.2. The minimum absolute atomic E-state index is 0.235. The van der Waals surface area contributed by atoms with Crippen molar-refractivity contribution in [2.75, 3.05) is 19.0 Å². The molecule has 104 valence electrons. The van der Waals surface area contributed by atoms with Crippen LogP contribution in [0.5, 0.6) is 0 Å². The molecule has 0 bridgehead atoms. The third kappa shape index (κ3) is 3.05. The first kappa shape index (κ1) is 14.3. The van der Waals surface area contributed by atoms with Gasteiger partial charge in [0.15, 0.2) is 0 Å². The number of hydrogen-bond acceptors (Lipinski definition) is 4. The van der Waals surface area contributed by atoms with Crippen LogP contribution in [-0.2, 0) is 9.53 Å². The molecule has 4 nitrogen and oxygen atoms in total. The van der Waals surface area contributed by atoms with Crippen molar-refractivity contribution in [3.05, 3.63) is 42.0 Å². The molecule has 0 fully saturated rings. The van der Waals surface area contributed by atoms with Crippen LogP contribution in [0.15, 0.2) is 36.4 Å². The summed E-state index contributed by atoms with van der Waals surface area (Å²) in [5.41, 5.74) is 7.54. The van der Waals surface area contributed by atoms with Crippen LogP contribution < -0.4 is 11.1 Å². The first-order chi connectivity index (χ1) is 9.63. The zero-order valence-corrected chi connectivity index (χ0v) is 12.0. The van der Waals surface area contributed by atoms with Gasteiger partial charge in [-0.3, -0.25) is 4.79 Å². The lowest BCUT2D eigenvalue weighted by Gasteiger charge is -2.12. The predicted molar refractivity (Wildman–Crippen MR) is 85.0 cm³/mol. The van der Waals surface area contributed by atoms with Gasteiger partial charge < -0.3 is 15.8 Å². The molecule has 3 N–H and O–H groups in total. The molecular weight excluding hydrogens is 272 g/mol. The summed E-state index contributed by atoms with van der Waals surface area (Å²) in [4.78, 5) is 11.5. The molecule has 0 unspecified atom stereocenters. The van der Waals surface area contributed by atoms with E-state index >= 15 is 0 Å². The Morgan fingerprint density at radius 2 is 1.95 bits per heavy atom. The maximum atomic E-state index is 11.1. The maximum Gasteiger partial charge on any atom is 0.307 e. The van der Waals surface area contributed by atoms with Gasteiger partial charge in [0.2, 0.25) is 0 Å². The Kier molecular flexibility index (Phi) is 4.53. The Hall–Kier alpha value is -2.14. The number of thiocarbonyl (C=S) groups is 1. The van der Waals surface area contributed by atoms with E-state index in [1.165, 1.54) is 7.11 Å². The molecule has 2 rings (SSSR count). The Morgan fingerprint density at radius 1 is 1.25 bits per heavy atom. The summed E-state index contributed by atoms with van der Waals surface area (Å²) in [5.74, 6) is -0.235. The topological polar surface area (TPSA) is 64.3 Å². The fourth-order valence-corrected chi connectivity index (χ4v) is 2.25. The quantitative estimate of drug-likeness (QED) is 0.653. The molecule has 0 aliphatic heterocycles. The normalized spacial score (nSPS) is 10.2. The number of nitrogens with two attached hydrogens (primary N) is 1. The van der Waals surface area contributed by atoms with Gasteiger partial charge >= 0.3 is 5.97 Å². The highest BCUT2D eigenvalue weighted by molar-refractivity contribution is 7.80. The Labute approximate surface area is 122 Å². The molecule has 0 aliphatic rings. The largest absolute Gasteiger partial charge is 0.469 e. The monoisotopic (exact) mass is 288 g/mol. The first-order valence-corrected chi connectivity index (χ1v) is 6.66. The predicted octanol–water partition coefficient (Wildman–Crippen LogP) is 2.45. The minimum atomic E-state index is -0.235. The number of hydrogen-bond donors (Lipinski definition) is 2. The average molecular weight is 288 g/mol. The van der Waals surface area contributed by atoms with E-state index in [1.807, 2.05) is 36.4 Å². The summed E-state index contributed by atoms with van der Waals surface area (Å²) >= 11 is 5.07. The summed E-state index contributed by atoms with van der Waals surface area (Å²) in [6.07, 6.45) is 0.321. The van der Waals surface area contributed by atoms with Crippen molar-refractivity contribution in [3.63, 3.8) is 0 Å². The number of nitrogens with one attached hydrogen (secondary N) is 1. The average Bonchev–Trinajstić information content (AvgIpc) is 2.46. The summed E-state index contributed by atoms with van der Waals surface area (Å²) in [7, 11) is 1.38. The van der Waals surface area contributed by atoms with Gasteiger partial charge in [-0.25, -0.2) is 0 Å². The van der Waals surface area contributed by atoms with Gasteiger partial charge in [-0.1, -0.05) is 36.5 Å². The smallest absolute Gasteiger partial charge is 0.307 e. The summed E-state index contributed by atoms with van der Waals surface area (Å²) in [6, 6.07) is 11.7. The zero-order chi connectivity index (χ0) is 14.5. The fraction of sp³-hybridized carbons (Fsp3) is 0.200. The SMILES string of the molecule is COC(=O)CCNc1ccc(C(N)=S)c2ccccc12. The van der Waals surface area contributed by atoms with Crippen molar-refractivity contribution in [2.24, 2.45) is 5.73 Å². The van der Waals surface area contributed by atoms with Gasteiger partial charge in [0.25, 0.3) is 0 Å². The van der Waals surface area contributed by atoms with Gasteiger partial charge in [0.1, 0.15) is 4.99 Å². The number of carbonyl (C=O) groups is 1. The molecule has 0 atom stereocenters. The van der Waals surface area contributed by atoms with Crippen LogP contribution >= 0.6 is 12.2 Å². The molecular formula is C15H16N2O2S. The molecule has 5 heteroatoms. The van der Waals surface area contributed by atoms with Crippen molar-refractivity contribution < 1.29 is 9.53 Å². The number of anilines is 1. The molecule has 0 saturated heterocycles. The van der Waals surface area contributed by atoms with Crippen molar-refractivity contribution in [1.82, 2.24) is 0 Å². The second-order valence-corrected chi connectivity index (χ2v) is 4.76.